The van der Waals surface area contributed by atoms with E-state index in [9.17, 15) is 5.11 Å². The van der Waals surface area contributed by atoms with Gasteiger partial charge >= 0.3 is 0 Å². The Morgan fingerprint density at radius 3 is 2.50 bits per heavy atom. The molecule has 1 N–H and O–H groups in total. The van der Waals surface area contributed by atoms with E-state index < -0.39 is 5.60 Å². The summed E-state index contributed by atoms with van der Waals surface area (Å²) >= 11 is 0. The third kappa shape index (κ3) is 1.65. The zero-order valence-electron chi connectivity index (χ0n) is 8.74. The summed E-state index contributed by atoms with van der Waals surface area (Å²) < 4.78 is 0. The maximum Gasteiger partial charge on any atom is 0.0806 e. The van der Waals surface area contributed by atoms with Crippen molar-refractivity contribution in [3.8, 4) is 6.07 Å². The predicted octanol–water partition coefficient (Wildman–Crippen LogP) is 1.28. The van der Waals surface area contributed by atoms with Crippen LogP contribution in [0.15, 0.2) is 0 Å². The van der Waals surface area contributed by atoms with Crippen LogP contribution in [-0.4, -0.2) is 34.7 Å². The molecule has 2 saturated heterocycles. The van der Waals surface area contributed by atoms with E-state index in [1.54, 1.807) is 0 Å². The summed E-state index contributed by atoms with van der Waals surface area (Å²) in [6, 6.07) is 3.12. The summed E-state index contributed by atoms with van der Waals surface area (Å²) in [5.41, 5.74) is -0.697. The maximum atomic E-state index is 10.2. The maximum absolute atomic E-state index is 10.2. The van der Waals surface area contributed by atoms with Crippen molar-refractivity contribution in [2.24, 2.45) is 0 Å². The summed E-state index contributed by atoms with van der Waals surface area (Å²) in [5.74, 6) is 0. The minimum absolute atomic E-state index is 0.299. The largest absolute Gasteiger partial charge is 0.389 e. The van der Waals surface area contributed by atoms with Crippen molar-refractivity contribution in [1.29, 1.82) is 5.26 Å². The molecule has 0 amide bonds. The van der Waals surface area contributed by atoms with Gasteiger partial charge in [0, 0.05) is 12.1 Å². The Hall–Kier alpha value is -0.590. The van der Waals surface area contributed by atoms with E-state index in [2.05, 4.69) is 18.0 Å². The molecule has 2 aliphatic rings. The van der Waals surface area contributed by atoms with Gasteiger partial charge in [0.05, 0.1) is 18.1 Å². The number of aliphatic hydroxyl groups is 1. The van der Waals surface area contributed by atoms with Gasteiger partial charge in [0.15, 0.2) is 0 Å². The molecule has 2 fully saturated rings. The van der Waals surface area contributed by atoms with E-state index >= 15 is 0 Å². The molecule has 0 aromatic rings. The number of nitriles is 1. The molecule has 0 radical (unpaired) electrons. The average molecular weight is 194 g/mol. The standard InChI is InChI=1S/C11H18N2O/c1-13-9-3-2-4-10(13)8-11(14,7-9)5-6-12/h9-10,14H,2-5,7-8H2,1H3. The quantitative estimate of drug-likeness (QED) is 0.684. The molecule has 2 bridgehead atoms. The van der Waals surface area contributed by atoms with Crippen molar-refractivity contribution >= 4 is 0 Å². The summed E-state index contributed by atoms with van der Waals surface area (Å²) in [5, 5.41) is 18.9. The van der Waals surface area contributed by atoms with Crippen molar-refractivity contribution < 1.29 is 5.11 Å². The number of rotatable bonds is 1. The SMILES string of the molecule is CN1C2CCCC1CC(O)(CC#N)C2. The molecular weight excluding hydrogens is 176 g/mol. The second-order valence-electron chi connectivity index (χ2n) is 4.87. The first-order valence-electron chi connectivity index (χ1n) is 5.46. The number of piperidine rings is 2. The van der Waals surface area contributed by atoms with Gasteiger partial charge in [0.2, 0.25) is 0 Å². The average Bonchev–Trinajstić information content (AvgIpc) is 2.08. The van der Waals surface area contributed by atoms with Crippen LogP contribution in [0.2, 0.25) is 0 Å². The molecule has 2 atom stereocenters. The van der Waals surface area contributed by atoms with Crippen molar-refractivity contribution in [2.75, 3.05) is 7.05 Å². The fraction of sp³-hybridized carbons (Fsp3) is 0.909. The molecule has 3 heteroatoms. The highest BCUT2D eigenvalue weighted by Gasteiger charge is 2.43. The molecule has 2 unspecified atom stereocenters. The van der Waals surface area contributed by atoms with Gasteiger partial charge in [-0.15, -0.1) is 0 Å². The monoisotopic (exact) mass is 194 g/mol. The molecule has 14 heavy (non-hydrogen) atoms. The van der Waals surface area contributed by atoms with E-state index in [1.807, 2.05) is 0 Å². The van der Waals surface area contributed by atoms with Gasteiger partial charge in [0.1, 0.15) is 0 Å². The highest BCUT2D eigenvalue weighted by molar-refractivity contribution is 5.01. The van der Waals surface area contributed by atoms with Gasteiger partial charge in [-0.3, -0.25) is 0 Å². The molecule has 0 aromatic heterocycles. The van der Waals surface area contributed by atoms with Gasteiger partial charge in [-0.2, -0.15) is 5.26 Å². The third-order valence-corrected chi connectivity index (χ3v) is 3.87. The number of hydrogen-bond acceptors (Lipinski definition) is 3. The molecule has 78 valence electrons. The fourth-order valence-electron chi connectivity index (χ4n) is 3.04. The summed E-state index contributed by atoms with van der Waals surface area (Å²) in [6.45, 7) is 0. The molecule has 2 aliphatic heterocycles. The van der Waals surface area contributed by atoms with Gasteiger partial charge in [-0.1, -0.05) is 6.42 Å². The summed E-state index contributed by atoms with van der Waals surface area (Å²) in [7, 11) is 2.15. The number of fused-ring (bicyclic) bond motifs is 2. The number of hydrogen-bond donors (Lipinski definition) is 1. The third-order valence-electron chi connectivity index (χ3n) is 3.87. The van der Waals surface area contributed by atoms with E-state index in [0.29, 0.717) is 18.5 Å². The van der Waals surface area contributed by atoms with Gasteiger partial charge < -0.3 is 10.0 Å². The molecule has 0 aromatic carbocycles. The van der Waals surface area contributed by atoms with Crippen LogP contribution in [0.5, 0.6) is 0 Å². The van der Waals surface area contributed by atoms with E-state index in [1.165, 1.54) is 19.3 Å². The van der Waals surface area contributed by atoms with E-state index in [4.69, 9.17) is 5.26 Å². The van der Waals surface area contributed by atoms with Crippen LogP contribution in [0.1, 0.15) is 38.5 Å². The van der Waals surface area contributed by atoms with Crippen LogP contribution < -0.4 is 0 Å². The van der Waals surface area contributed by atoms with Crippen LogP contribution in [-0.2, 0) is 0 Å². The molecule has 2 rings (SSSR count). The highest BCUT2D eigenvalue weighted by Crippen LogP contribution is 2.39. The first-order valence-corrected chi connectivity index (χ1v) is 5.46. The summed E-state index contributed by atoms with van der Waals surface area (Å²) in [6.07, 6.45) is 5.51. The van der Waals surface area contributed by atoms with E-state index in [-0.39, 0.29) is 0 Å². The first kappa shape index (κ1) is 9.95. The normalized spacial score (nSPS) is 43.2. The lowest BCUT2D eigenvalue weighted by molar-refractivity contribution is -0.0795. The summed E-state index contributed by atoms with van der Waals surface area (Å²) in [4.78, 5) is 2.40. The molecule has 3 nitrogen and oxygen atoms in total. The second-order valence-corrected chi connectivity index (χ2v) is 4.87. The Morgan fingerprint density at radius 1 is 1.43 bits per heavy atom. The lowest BCUT2D eigenvalue weighted by Crippen LogP contribution is -2.56. The lowest BCUT2D eigenvalue weighted by Gasteiger charge is -2.50. The van der Waals surface area contributed by atoms with Crippen molar-refractivity contribution in [3.05, 3.63) is 0 Å². The first-order chi connectivity index (χ1) is 6.64. The molecule has 2 heterocycles. The Bertz CT molecular complexity index is 245. The second kappa shape index (κ2) is 3.52. The Balaban J connectivity index is 2.11. The Morgan fingerprint density at radius 2 is 2.00 bits per heavy atom. The van der Waals surface area contributed by atoms with Crippen LogP contribution in [0, 0.1) is 11.3 Å². The van der Waals surface area contributed by atoms with Crippen LogP contribution >= 0.6 is 0 Å². The van der Waals surface area contributed by atoms with Crippen molar-refractivity contribution in [1.82, 2.24) is 4.90 Å². The zero-order valence-corrected chi connectivity index (χ0v) is 8.74. The fourth-order valence-corrected chi connectivity index (χ4v) is 3.04. The smallest absolute Gasteiger partial charge is 0.0806 e. The highest BCUT2D eigenvalue weighted by atomic mass is 16.3. The number of nitrogens with zero attached hydrogens (tertiary/aromatic N) is 2. The minimum atomic E-state index is -0.697. The topological polar surface area (TPSA) is 47.3 Å². The van der Waals surface area contributed by atoms with Gasteiger partial charge in [-0.05, 0) is 32.7 Å². The van der Waals surface area contributed by atoms with Crippen LogP contribution in [0.3, 0.4) is 0 Å². The minimum Gasteiger partial charge on any atom is -0.389 e. The molecule has 0 saturated carbocycles. The van der Waals surface area contributed by atoms with Crippen LogP contribution in [0.4, 0.5) is 0 Å². The van der Waals surface area contributed by atoms with Crippen LogP contribution in [0.25, 0.3) is 0 Å². The molecular formula is C11H18N2O. The zero-order chi connectivity index (χ0) is 10.2. The lowest BCUT2D eigenvalue weighted by atomic mass is 9.75. The van der Waals surface area contributed by atoms with Crippen molar-refractivity contribution in [3.63, 3.8) is 0 Å². The van der Waals surface area contributed by atoms with E-state index in [0.717, 1.165) is 12.8 Å². The predicted molar refractivity (Wildman–Crippen MR) is 53.6 cm³/mol. The van der Waals surface area contributed by atoms with Crippen molar-refractivity contribution in [2.45, 2.75) is 56.2 Å². The van der Waals surface area contributed by atoms with Gasteiger partial charge in [0.25, 0.3) is 0 Å². The Labute approximate surface area is 85.3 Å². The van der Waals surface area contributed by atoms with Gasteiger partial charge in [-0.25, -0.2) is 0 Å². The molecule has 0 spiro atoms. The Kier molecular flexibility index (Phi) is 2.50. The molecule has 0 aliphatic carbocycles.